The summed E-state index contributed by atoms with van der Waals surface area (Å²) < 4.78 is 5.35. The molecule has 0 aromatic carbocycles. The van der Waals surface area contributed by atoms with Crippen LogP contribution >= 0.6 is 0 Å². The second-order valence-electron chi connectivity index (χ2n) is 6.45. The number of aromatic nitrogens is 2. The molecule has 3 aliphatic rings. The Bertz CT molecular complexity index is 567. The molecule has 1 amide bonds. The minimum absolute atomic E-state index is 0.0522. The molecular formula is C16H22N4O2. The van der Waals surface area contributed by atoms with Gasteiger partial charge in [-0.15, -0.1) is 0 Å². The highest BCUT2D eigenvalue weighted by Gasteiger charge is 2.30. The molecule has 118 valence electrons. The smallest absolute Gasteiger partial charge is 0.228 e. The van der Waals surface area contributed by atoms with Gasteiger partial charge in [0.05, 0.1) is 18.2 Å². The van der Waals surface area contributed by atoms with Crippen molar-refractivity contribution in [3.63, 3.8) is 0 Å². The van der Waals surface area contributed by atoms with E-state index < -0.39 is 0 Å². The summed E-state index contributed by atoms with van der Waals surface area (Å²) in [5.41, 5.74) is 2.29. The summed E-state index contributed by atoms with van der Waals surface area (Å²) >= 11 is 0. The van der Waals surface area contributed by atoms with Gasteiger partial charge < -0.3 is 15.0 Å². The van der Waals surface area contributed by atoms with E-state index in [-0.39, 0.29) is 11.8 Å². The fraction of sp³-hybridized carbons (Fsp3) is 0.688. The number of amides is 1. The quantitative estimate of drug-likeness (QED) is 0.903. The first-order chi connectivity index (χ1) is 10.8. The first-order valence-electron chi connectivity index (χ1n) is 8.27. The van der Waals surface area contributed by atoms with Gasteiger partial charge in [-0.05, 0) is 25.7 Å². The van der Waals surface area contributed by atoms with Crippen molar-refractivity contribution in [3.05, 3.63) is 17.6 Å². The third kappa shape index (κ3) is 2.79. The third-order valence-electron chi connectivity index (χ3n) is 4.79. The zero-order valence-electron chi connectivity index (χ0n) is 12.8. The fourth-order valence-corrected chi connectivity index (χ4v) is 3.28. The van der Waals surface area contributed by atoms with Crippen LogP contribution in [0.1, 0.15) is 30.5 Å². The van der Waals surface area contributed by atoms with Gasteiger partial charge in [-0.1, -0.05) is 0 Å². The van der Waals surface area contributed by atoms with E-state index in [0.29, 0.717) is 19.3 Å². The Morgan fingerprint density at radius 3 is 2.86 bits per heavy atom. The summed E-state index contributed by atoms with van der Waals surface area (Å²) in [6, 6.07) is 0.579. The molecule has 1 saturated carbocycles. The molecule has 1 saturated heterocycles. The van der Waals surface area contributed by atoms with Gasteiger partial charge in [-0.2, -0.15) is 0 Å². The number of nitrogens with one attached hydrogen (secondary N) is 1. The number of nitrogens with zero attached hydrogens (tertiary/aromatic N) is 3. The van der Waals surface area contributed by atoms with Crippen molar-refractivity contribution in [1.29, 1.82) is 0 Å². The Morgan fingerprint density at radius 1 is 1.23 bits per heavy atom. The second-order valence-corrected chi connectivity index (χ2v) is 6.45. The van der Waals surface area contributed by atoms with E-state index >= 15 is 0 Å². The molecule has 22 heavy (non-hydrogen) atoms. The van der Waals surface area contributed by atoms with Crippen LogP contribution in [0.2, 0.25) is 0 Å². The highest BCUT2D eigenvalue weighted by atomic mass is 16.5. The molecule has 0 bridgehead atoms. The molecule has 1 atom stereocenters. The van der Waals surface area contributed by atoms with Crippen LogP contribution in [0.3, 0.4) is 0 Å². The first kappa shape index (κ1) is 13.9. The average Bonchev–Trinajstić information content (AvgIpc) is 3.23. The van der Waals surface area contributed by atoms with Gasteiger partial charge in [0.15, 0.2) is 0 Å². The van der Waals surface area contributed by atoms with Gasteiger partial charge in [0.2, 0.25) is 5.91 Å². The molecule has 1 unspecified atom stereocenters. The molecular weight excluding hydrogens is 280 g/mol. The second kappa shape index (κ2) is 5.83. The maximum absolute atomic E-state index is 12.6. The maximum atomic E-state index is 12.6. The Balaban J connectivity index is 1.48. The molecule has 6 heteroatoms. The lowest BCUT2D eigenvalue weighted by Crippen LogP contribution is -2.38. The van der Waals surface area contributed by atoms with Gasteiger partial charge in [0.1, 0.15) is 12.1 Å². The summed E-state index contributed by atoms with van der Waals surface area (Å²) in [5, 5.41) is 3.50. The number of carbonyl (C=O) groups is 1. The summed E-state index contributed by atoms with van der Waals surface area (Å²) in [5.74, 6) is 1.28. The summed E-state index contributed by atoms with van der Waals surface area (Å²) in [6.45, 7) is 2.80. The zero-order chi connectivity index (χ0) is 14.9. The molecule has 1 aromatic heterocycles. The molecule has 1 aliphatic carbocycles. The van der Waals surface area contributed by atoms with E-state index in [4.69, 9.17) is 4.74 Å². The molecule has 4 rings (SSSR count). The Morgan fingerprint density at radius 2 is 2.09 bits per heavy atom. The number of hydrogen-bond acceptors (Lipinski definition) is 5. The molecule has 3 heterocycles. The lowest BCUT2D eigenvalue weighted by Gasteiger charge is -2.23. The largest absolute Gasteiger partial charge is 0.381 e. The SMILES string of the molecule is O=C(C1CCOC1)N1CCc2ncnc(NC3CC3)c2CC1. The number of rotatable bonds is 3. The minimum atomic E-state index is 0.0522. The van der Waals surface area contributed by atoms with Crippen molar-refractivity contribution < 1.29 is 9.53 Å². The van der Waals surface area contributed by atoms with Crippen molar-refractivity contribution in [3.8, 4) is 0 Å². The number of fused-ring (bicyclic) bond motifs is 1. The van der Waals surface area contributed by atoms with Crippen LogP contribution in [-0.4, -0.2) is 53.1 Å². The number of ether oxygens (including phenoxy) is 1. The van der Waals surface area contributed by atoms with Crippen LogP contribution < -0.4 is 5.32 Å². The van der Waals surface area contributed by atoms with E-state index in [2.05, 4.69) is 15.3 Å². The van der Waals surface area contributed by atoms with Gasteiger partial charge in [0.25, 0.3) is 0 Å². The topological polar surface area (TPSA) is 67.3 Å². The number of hydrogen-bond donors (Lipinski definition) is 1. The lowest BCUT2D eigenvalue weighted by molar-refractivity contribution is -0.135. The van der Waals surface area contributed by atoms with Crippen molar-refractivity contribution in [2.24, 2.45) is 5.92 Å². The average molecular weight is 302 g/mol. The summed E-state index contributed by atoms with van der Waals surface area (Å²) in [6.07, 6.45) is 6.61. The number of anilines is 1. The van der Waals surface area contributed by atoms with E-state index in [9.17, 15) is 4.79 Å². The van der Waals surface area contributed by atoms with Crippen molar-refractivity contribution in [1.82, 2.24) is 14.9 Å². The maximum Gasteiger partial charge on any atom is 0.228 e. The van der Waals surface area contributed by atoms with Gasteiger partial charge >= 0.3 is 0 Å². The van der Waals surface area contributed by atoms with E-state index in [0.717, 1.165) is 43.9 Å². The van der Waals surface area contributed by atoms with Crippen LogP contribution in [0.5, 0.6) is 0 Å². The Labute approximate surface area is 130 Å². The van der Waals surface area contributed by atoms with Crippen LogP contribution in [0.4, 0.5) is 5.82 Å². The lowest BCUT2D eigenvalue weighted by atomic mass is 10.1. The van der Waals surface area contributed by atoms with Crippen LogP contribution in [0, 0.1) is 5.92 Å². The van der Waals surface area contributed by atoms with Crippen LogP contribution in [0.25, 0.3) is 0 Å². The van der Waals surface area contributed by atoms with Gasteiger partial charge in [0, 0.05) is 37.7 Å². The molecule has 6 nitrogen and oxygen atoms in total. The van der Waals surface area contributed by atoms with Crippen molar-refractivity contribution >= 4 is 11.7 Å². The third-order valence-corrected chi connectivity index (χ3v) is 4.79. The zero-order valence-corrected chi connectivity index (χ0v) is 12.8. The van der Waals surface area contributed by atoms with Crippen LogP contribution in [0.15, 0.2) is 6.33 Å². The molecule has 0 radical (unpaired) electrons. The molecule has 0 spiro atoms. The summed E-state index contributed by atoms with van der Waals surface area (Å²) in [7, 11) is 0. The number of carbonyl (C=O) groups excluding carboxylic acids is 1. The normalized spacial score (nSPS) is 24.7. The molecule has 1 N–H and O–H groups in total. The molecule has 2 aliphatic heterocycles. The molecule has 2 fully saturated rings. The monoisotopic (exact) mass is 302 g/mol. The van der Waals surface area contributed by atoms with Gasteiger partial charge in [-0.3, -0.25) is 4.79 Å². The highest BCUT2D eigenvalue weighted by Crippen LogP contribution is 2.28. The highest BCUT2D eigenvalue weighted by molar-refractivity contribution is 5.79. The van der Waals surface area contributed by atoms with E-state index in [1.54, 1.807) is 6.33 Å². The predicted molar refractivity (Wildman–Crippen MR) is 81.6 cm³/mol. The summed E-state index contributed by atoms with van der Waals surface area (Å²) in [4.78, 5) is 23.4. The van der Waals surface area contributed by atoms with E-state index in [1.807, 2.05) is 4.90 Å². The standard InChI is InChI=1S/C16H22N4O2/c21-16(11-5-8-22-9-11)20-6-3-13-14(4-7-20)17-10-18-15(13)19-12-1-2-12/h10-12H,1-9H2,(H,17,18,19). The molecule has 1 aromatic rings. The van der Waals surface area contributed by atoms with Crippen molar-refractivity contribution in [2.45, 2.75) is 38.1 Å². The van der Waals surface area contributed by atoms with E-state index in [1.165, 1.54) is 18.4 Å². The van der Waals surface area contributed by atoms with Gasteiger partial charge in [-0.25, -0.2) is 9.97 Å². The van der Waals surface area contributed by atoms with Crippen LogP contribution in [-0.2, 0) is 22.4 Å². The predicted octanol–water partition coefficient (Wildman–Crippen LogP) is 1.01. The Kier molecular flexibility index (Phi) is 3.70. The fourth-order valence-electron chi connectivity index (χ4n) is 3.28. The minimum Gasteiger partial charge on any atom is -0.381 e. The van der Waals surface area contributed by atoms with Crippen molar-refractivity contribution in [2.75, 3.05) is 31.6 Å². The first-order valence-corrected chi connectivity index (χ1v) is 8.27. The Hall–Kier alpha value is -1.69.